The van der Waals surface area contributed by atoms with Gasteiger partial charge < -0.3 is 23.4 Å². The minimum atomic E-state index is -3.13. The fourth-order valence-electron chi connectivity index (χ4n) is 1.03. The van der Waals surface area contributed by atoms with Crippen LogP contribution < -0.4 is 4.52 Å². The van der Waals surface area contributed by atoms with Crippen LogP contribution in [0.15, 0.2) is 12.1 Å². The quantitative estimate of drug-likeness (QED) is 0.769. The van der Waals surface area contributed by atoms with Crippen molar-refractivity contribution in [2.75, 3.05) is 14.2 Å². The number of benzene rings is 1. The number of hydrogen-bond acceptors (Lipinski definition) is 5. The van der Waals surface area contributed by atoms with E-state index in [-0.39, 0.29) is 0 Å². The molecule has 0 aliphatic heterocycles. The Labute approximate surface area is 132 Å². The third-order valence-corrected chi connectivity index (χ3v) is 4.77. The standard InChI is InChI=1S/C9H11Cl2O3PS.H3O3P/c1-6-4-7(10)9(8(11)5-6)14-15(16,12-2)13-3;1-4(2)3/h4-5H,1-3H3;4H,(H2,1,2,3). The van der Waals surface area contributed by atoms with Gasteiger partial charge in [-0.15, -0.1) is 0 Å². The van der Waals surface area contributed by atoms with Crippen molar-refractivity contribution >= 4 is 50.0 Å². The Morgan fingerprint density at radius 1 is 1.20 bits per heavy atom. The zero-order chi connectivity index (χ0) is 15.9. The largest absolute Gasteiger partial charge is 0.421 e. The molecule has 6 nitrogen and oxygen atoms in total. The van der Waals surface area contributed by atoms with Gasteiger partial charge in [-0.05, 0) is 24.6 Å². The average Bonchev–Trinajstić information content (AvgIpc) is 2.33. The van der Waals surface area contributed by atoms with Crippen molar-refractivity contribution in [2.45, 2.75) is 6.92 Å². The van der Waals surface area contributed by atoms with Crippen molar-refractivity contribution in [3.05, 3.63) is 27.7 Å². The predicted octanol–water partition coefficient (Wildman–Crippen LogP) is 3.56. The van der Waals surface area contributed by atoms with Gasteiger partial charge in [0.05, 0.1) is 10.0 Å². The van der Waals surface area contributed by atoms with Crippen LogP contribution in [0.2, 0.25) is 10.0 Å². The second-order valence-electron chi connectivity index (χ2n) is 3.24. The van der Waals surface area contributed by atoms with Crippen LogP contribution in [-0.4, -0.2) is 24.0 Å². The van der Waals surface area contributed by atoms with Crippen molar-refractivity contribution in [3.8, 4) is 5.75 Å². The third-order valence-electron chi connectivity index (χ3n) is 1.79. The Morgan fingerprint density at radius 3 is 1.85 bits per heavy atom. The Morgan fingerprint density at radius 2 is 1.55 bits per heavy atom. The van der Waals surface area contributed by atoms with Gasteiger partial charge in [0, 0.05) is 26.0 Å². The first kappa shape index (κ1) is 20.3. The molecule has 0 bridgehead atoms. The lowest BCUT2D eigenvalue weighted by Gasteiger charge is -2.19. The predicted molar refractivity (Wildman–Crippen MR) is 83.6 cm³/mol. The molecule has 0 unspecified atom stereocenters. The summed E-state index contributed by atoms with van der Waals surface area (Å²) < 4.78 is 24.2. The van der Waals surface area contributed by atoms with Gasteiger partial charge in [-0.25, -0.2) is 0 Å². The monoisotopic (exact) mass is 382 g/mol. The van der Waals surface area contributed by atoms with Gasteiger partial charge in [0.1, 0.15) is 0 Å². The van der Waals surface area contributed by atoms with Crippen LogP contribution in [0.25, 0.3) is 0 Å². The molecule has 0 radical (unpaired) electrons. The maximum Gasteiger partial charge on any atom is 0.380 e. The summed E-state index contributed by atoms with van der Waals surface area (Å²) in [7, 11) is -0.296. The summed E-state index contributed by atoms with van der Waals surface area (Å²) in [6.45, 7) is -0.928. The molecule has 0 fully saturated rings. The molecule has 0 atom stereocenters. The van der Waals surface area contributed by atoms with Crippen molar-refractivity contribution < 1.29 is 27.9 Å². The highest BCUT2D eigenvalue weighted by molar-refractivity contribution is 8.07. The van der Waals surface area contributed by atoms with E-state index in [1.807, 2.05) is 6.92 Å². The summed E-state index contributed by atoms with van der Waals surface area (Å²) in [6.07, 6.45) is 0. The molecule has 0 aliphatic rings. The molecule has 1 aromatic rings. The van der Waals surface area contributed by atoms with E-state index in [0.29, 0.717) is 15.8 Å². The summed E-state index contributed by atoms with van der Waals surface area (Å²) in [5, 5.41) is 0.765. The molecule has 0 heterocycles. The van der Waals surface area contributed by atoms with Crippen LogP contribution in [0.5, 0.6) is 5.75 Å². The number of aryl methyl sites for hydroxylation is 1. The molecule has 0 saturated heterocycles. The van der Waals surface area contributed by atoms with Gasteiger partial charge >= 0.3 is 15.0 Å². The molecule has 0 spiro atoms. The summed E-state index contributed by atoms with van der Waals surface area (Å²) in [6, 6.07) is 3.46. The first-order valence-electron chi connectivity index (χ1n) is 4.93. The van der Waals surface area contributed by atoms with Gasteiger partial charge in [-0.1, -0.05) is 23.2 Å². The van der Waals surface area contributed by atoms with E-state index in [9.17, 15) is 0 Å². The van der Waals surface area contributed by atoms with Crippen molar-refractivity contribution in [1.82, 2.24) is 0 Å². The molecule has 0 aromatic heterocycles. The second kappa shape index (κ2) is 9.36. The molecule has 11 heteroatoms. The van der Waals surface area contributed by atoms with E-state index in [4.69, 9.17) is 62.9 Å². The fourth-order valence-corrected chi connectivity index (χ4v) is 2.76. The van der Waals surface area contributed by atoms with E-state index >= 15 is 0 Å². The number of rotatable bonds is 4. The highest BCUT2D eigenvalue weighted by Crippen LogP contribution is 2.51. The third kappa shape index (κ3) is 7.36. The average molecular weight is 383 g/mol. The van der Waals surface area contributed by atoms with Gasteiger partial charge in [0.25, 0.3) is 0 Å². The minimum absolute atomic E-state index is 0.293. The fraction of sp³-hybridized carbons (Fsp3) is 0.333. The molecule has 20 heavy (non-hydrogen) atoms. The van der Waals surface area contributed by atoms with E-state index in [1.165, 1.54) is 14.2 Å². The smallest absolute Gasteiger partial charge is 0.380 e. The van der Waals surface area contributed by atoms with Crippen molar-refractivity contribution in [1.29, 1.82) is 0 Å². The van der Waals surface area contributed by atoms with E-state index in [2.05, 4.69) is 0 Å². The van der Waals surface area contributed by atoms with Crippen LogP contribution in [-0.2, 0) is 25.4 Å². The van der Waals surface area contributed by atoms with Crippen LogP contribution in [0, 0.1) is 6.92 Å². The van der Waals surface area contributed by atoms with E-state index in [1.54, 1.807) is 12.1 Å². The molecular formula is C9H14Cl2O6P2S. The van der Waals surface area contributed by atoms with Crippen LogP contribution >= 0.6 is 38.2 Å². The van der Waals surface area contributed by atoms with Gasteiger partial charge in [0.2, 0.25) is 0 Å². The van der Waals surface area contributed by atoms with E-state index < -0.39 is 15.0 Å². The lowest BCUT2D eigenvalue weighted by Crippen LogP contribution is -1.98. The Bertz CT molecular complexity index is 492. The highest BCUT2D eigenvalue weighted by atomic mass is 35.5. The lowest BCUT2D eigenvalue weighted by molar-refractivity contribution is 0.273. The summed E-state index contributed by atoms with van der Waals surface area (Å²) in [4.78, 5) is 14.3. The van der Waals surface area contributed by atoms with Gasteiger partial charge in [-0.3, -0.25) is 4.57 Å². The van der Waals surface area contributed by atoms with Crippen LogP contribution in [0.1, 0.15) is 5.56 Å². The van der Waals surface area contributed by atoms with Gasteiger partial charge in [-0.2, -0.15) is 0 Å². The first-order chi connectivity index (χ1) is 9.15. The number of halogens is 2. The summed E-state index contributed by atoms with van der Waals surface area (Å²) in [5.74, 6) is 0.293. The normalized spacial score (nSPS) is 11.0. The van der Waals surface area contributed by atoms with Crippen molar-refractivity contribution in [2.24, 2.45) is 0 Å². The SMILES string of the molecule is COP(=S)(OC)Oc1c(Cl)cc(C)cc1Cl.O=[PH](O)O. The number of hydrogen-bond donors (Lipinski definition) is 2. The summed E-state index contributed by atoms with van der Waals surface area (Å²) in [5.41, 5.74) is 0.936. The van der Waals surface area contributed by atoms with Crippen molar-refractivity contribution in [3.63, 3.8) is 0 Å². The maximum atomic E-state index is 8.74. The molecular weight excluding hydrogens is 369 g/mol. The highest BCUT2D eigenvalue weighted by Gasteiger charge is 2.22. The zero-order valence-electron chi connectivity index (χ0n) is 10.8. The van der Waals surface area contributed by atoms with Gasteiger partial charge in [0.15, 0.2) is 5.75 Å². The topological polar surface area (TPSA) is 85.2 Å². The maximum absolute atomic E-state index is 8.74. The lowest BCUT2D eigenvalue weighted by atomic mass is 10.2. The molecule has 116 valence electrons. The first-order valence-corrected chi connectivity index (χ1v) is 9.55. The van der Waals surface area contributed by atoms with E-state index in [0.717, 1.165) is 5.56 Å². The Kier molecular flexibility index (Phi) is 9.51. The Balaban J connectivity index is 0.000000796. The molecule has 2 N–H and O–H groups in total. The molecule has 0 saturated carbocycles. The molecule has 1 rings (SSSR count). The zero-order valence-corrected chi connectivity index (χ0v) is 15.0. The van der Waals surface area contributed by atoms with Crippen LogP contribution in [0.3, 0.4) is 0 Å². The van der Waals surface area contributed by atoms with Crippen LogP contribution in [0.4, 0.5) is 0 Å². The molecule has 0 aliphatic carbocycles. The Hall–Kier alpha value is 0.320. The summed E-state index contributed by atoms with van der Waals surface area (Å²) >= 11 is 17.1. The molecule has 1 aromatic carbocycles. The molecule has 0 amide bonds. The minimum Gasteiger partial charge on any atom is -0.421 e. The second-order valence-corrected chi connectivity index (χ2v) is 7.77.